The predicted molar refractivity (Wildman–Crippen MR) is 82.7 cm³/mol. The molecular formula is C19H30O2. The Labute approximate surface area is 128 Å². The SMILES string of the molecule is C[C@@]12CC[C@@H](O)C[C@H]1CC[C@H]1[C@H]2CC[C@@]2(C)C(=O)CC[C@H]12. The molecule has 0 amide bonds. The molecule has 1 N–H and O–H groups in total. The number of ketones is 1. The molecule has 2 heteroatoms. The number of Topliss-reactive ketones (excluding diaryl/α,β-unsaturated/α-hetero) is 1. The van der Waals surface area contributed by atoms with E-state index in [1.807, 2.05) is 0 Å². The summed E-state index contributed by atoms with van der Waals surface area (Å²) in [7, 11) is 0. The molecule has 0 spiro atoms. The molecule has 118 valence electrons. The highest BCUT2D eigenvalue weighted by Gasteiger charge is 2.60. The summed E-state index contributed by atoms with van der Waals surface area (Å²) < 4.78 is 0. The van der Waals surface area contributed by atoms with E-state index >= 15 is 0 Å². The van der Waals surface area contributed by atoms with Crippen molar-refractivity contribution in [3.05, 3.63) is 0 Å². The summed E-state index contributed by atoms with van der Waals surface area (Å²) in [5.41, 5.74) is 0.452. The summed E-state index contributed by atoms with van der Waals surface area (Å²) in [6.45, 7) is 4.78. The Bertz CT molecular complexity index is 458. The highest BCUT2D eigenvalue weighted by atomic mass is 16.3. The monoisotopic (exact) mass is 290 g/mol. The summed E-state index contributed by atoms with van der Waals surface area (Å²) in [6, 6.07) is 0. The lowest BCUT2D eigenvalue weighted by Crippen LogP contribution is -2.54. The Balaban J connectivity index is 1.64. The molecule has 0 aromatic carbocycles. The smallest absolute Gasteiger partial charge is 0.139 e. The molecule has 0 heterocycles. The molecule has 0 unspecified atom stereocenters. The maximum Gasteiger partial charge on any atom is 0.139 e. The zero-order valence-corrected chi connectivity index (χ0v) is 13.6. The number of fused-ring (bicyclic) bond motifs is 5. The lowest BCUT2D eigenvalue weighted by atomic mass is 9.45. The summed E-state index contributed by atoms with van der Waals surface area (Å²) >= 11 is 0. The van der Waals surface area contributed by atoms with Gasteiger partial charge in [-0.2, -0.15) is 0 Å². The van der Waals surface area contributed by atoms with Gasteiger partial charge in [0.1, 0.15) is 5.78 Å². The van der Waals surface area contributed by atoms with Gasteiger partial charge in [-0.1, -0.05) is 13.8 Å². The van der Waals surface area contributed by atoms with Crippen LogP contribution >= 0.6 is 0 Å². The molecule has 0 aromatic rings. The van der Waals surface area contributed by atoms with Gasteiger partial charge in [0.15, 0.2) is 0 Å². The number of rotatable bonds is 0. The standard InChI is InChI=1S/C19H30O2/c1-18-9-7-13(20)11-12(18)3-4-14-15-5-6-17(21)19(15,2)10-8-16(14)18/h12-16,20H,3-11H2,1-2H3/t12-,13-,14-,15-,16-,18-,19-/m1/s1. The number of hydrogen-bond donors (Lipinski definition) is 1. The predicted octanol–water partition coefficient (Wildman–Crippen LogP) is 3.96. The Hall–Kier alpha value is -0.370. The van der Waals surface area contributed by atoms with Crippen molar-refractivity contribution in [3.63, 3.8) is 0 Å². The second-order valence-corrected chi connectivity index (χ2v) is 9.00. The topological polar surface area (TPSA) is 37.3 Å². The fraction of sp³-hybridized carbons (Fsp3) is 0.947. The van der Waals surface area contributed by atoms with Crippen molar-refractivity contribution in [3.8, 4) is 0 Å². The van der Waals surface area contributed by atoms with Crippen LogP contribution in [0.5, 0.6) is 0 Å². The van der Waals surface area contributed by atoms with Gasteiger partial charge in [0.2, 0.25) is 0 Å². The first-order valence-corrected chi connectivity index (χ1v) is 9.16. The molecule has 0 bridgehead atoms. The Morgan fingerprint density at radius 3 is 2.62 bits per heavy atom. The molecule has 0 radical (unpaired) electrons. The van der Waals surface area contributed by atoms with Gasteiger partial charge in [-0.25, -0.2) is 0 Å². The molecule has 4 saturated carbocycles. The zero-order valence-electron chi connectivity index (χ0n) is 13.6. The minimum atomic E-state index is -0.0541. The van der Waals surface area contributed by atoms with Gasteiger partial charge in [-0.15, -0.1) is 0 Å². The highest BCUT2D eigenvalue weighted by molar-refractivity contribution is 5.87. The van der Waals surface area contributed by atoms with Gasteiger partial charge in [0, 0.05) is 11.8 Å². The number of hydrogen-bond acceptors (Lipinski definition) is 2. The molecule has 4 aliphatic rings. The number of aliphatic hydroxyl groups excluding tert-OH is 1. The molecule has 4 aliphatic carbocycles. The molecule has 2 nitrogen and oxygen atoms in total. The minimum absolute atomic E-state index is 0.0124. The quantitative estimate of drug-likeness (QED) is 0.733. The second-order valence-electron chi connectivity index (χ2n) is 9.00. The van der Waals surface area contributed by atoms with E-state index in [2.05, 4.69) is 13.8 Å². The van der Waals surface area contributed by atoms with Crippen molar-refractivity contribution in [2.24, 2.45) is 34.5 Å². The lowest BCUT2D eigenvalue weighted by Gasteiger charge is -2.60. The van der Waals surface area contributed by atoms with E-state index in [0.29, 0.717) is 17.1 Å². The van der Waals surface area contributed by atoms with Crippen molar-refractivity contribution >= 4 is 5.78 Å². The third kappa shape index (κ3) is 1.84. The van der Waals surface area contributed by atoms with Crippen molar-refractivity contribution < 1.29 is 9.90 Å². The van der Waals surface area contributed by atoms with Crippen molar-refractivity contribution in [2.75, 3.05) is 0 Å². The molecule has 7 atom stereocenters. The van der Waals surface area contributed by atoms with Crippen LogP contribution in [0, 0.1) is 34.5 Å². The van der Waals surface area contributed by atoms with Crippen LogP contribution < -0.4 is 0 Å². The maximum atomic E-state index is 12.4. The van der Waals surface area contributed by atoms with Crippen LogP contribution in [-0.4, -0.2) is 17.0 Å². The summed E-state index contributed by atoms with van der Waals surface area (Å²) in [4.78, 5) is 12.4. The van der Waals surface area contributed by atoms with E-state index in [0.717, 1.165) is 49.9 Å². The average Bonchev–Trinajstić information content (AvgIpc) is 2.76. The van der Waals surface area contributed by atoms with Gasteiger partial charge >= 0.3 is 0 Å². The van der Waals surface area contributed by atoms with E-state index in [9.17, 15) is 9.90 Å². The van der Waals surface area contributed by atoms with Gasteiger partial charge < -0.3 is 5.11 Å². The fourth-order valence-electron chi connectivity index (χ4n) is 7.01. The Kier molecular flexibility index (Phi) is 3.10. The van der Waals surface area contributed by atoms with Crippen LogP contribution in [0.4, 0.5) is 0 Å². The van der Waals surface area contributed by atoms with Gasteiger partial charge in [0.25, 0.3) is 0 Å². The normalized spacial score (nSPS) is 56.5. The first-order chi connectivity index (χ1) is 9.95. The fourth-order valence-corrected chi connectivity index (χ4v) is 7.01. The van der Waals surface area contributed by atoms with Crippen molar-refractivity contribution in [1.29, 1.82) is 0 Å². The number of aliphatic hydroxyl groups is 1. The third-order valence-electron chi connectivity index (χ3n) is 8.35. The van der Waals surface area contributed by atoms with Crippen LogP contribution in [0.2, 0.25) is 0 Å². The van der Waals surface area contributed by atoms with Crippen LogP contribution in [0.25, 0.3) is 0 Å². The summed E-state index contributed by atoms with van der Waals surface area (Å²) in [6.07, 6.45) is 10.1. The van der Waals surface area contributed by atoms with Crippen LogP contribution in [-0.2, 0) is 4.79 Å². The van der Waals surface area contributed by atoms with Crippen molar-refractivity contribution in [2.45, 2.75) is 77.7 Å². The van der Waals surface area contributed by atoms with Crippen LogP contribution in [0.3, 0.4) is 0 Å². The molecular weight excluding hydrogens is 260 g/mol. The average molecular weight is 290 g/mol. The molecule has 0 saturated heterocycles. The van der Waals surface area contributed by atoms with Gasteiger partial charge in [0.05, 0.1) is 6.10 Å². The van der Waals surface area contributed by atoms with E-state index in [1.54, 1.807) is 0 Å². The lowest BCUT2D eigenvalue weighted by molar-refractivity contribution is -0.142. The van der Waals surface area contributed by atoms with Crippen LogP contribution in [0.1, 0.15) is 71.6 Å². The van der Waals surface area contributed by atoms with Crippen molar-refractivity contribution in [1.82, 2.24) is 0 Å². The molecule has 0 aromatic heterocycles. The number of carbonyl (C=O) groups excluding carboxylic acids is 1. The first-order valence-electron chi connectivity index (χ1n) is 9.16. The van der Waals surface area contributed by atoms with E-state index in [-0.39, 0.29) is 11.5 Å². The second kappa shape index (κ2) is 4.57. The molecule has 4 fully saturated rings. The third-order valence-corrected chi connectivity index (χ3v) is 8.35. The van der Waals surface area contributed by atoms with Crippen LogP contribution in [0.15, 0.2) is 0 Å². The summed E-state index contributed by atoms with van der Waals surface area (Å²) in [5, 5.41) is 10.0. The zero-order chi connectivity index (χ0) is 14.8. The summed E-state index contributed by atoms with van der Waals surface area (Å²) in [5.74, 6) is 3.54. The Morgan fingerprint density at radius 2 is 1.81 bits per heavy atom. The molecule has 21 heavy (non-hydrogen) atoms. The molecule has 0 aliphatic heterocycles. The molecule has 4 rings (SSSR count). The first kappa shape index (κ1) is 14.2. The van der Waals surface area contributed by atoms with Gasteiger partial charge in [-0.05, 0) is 80.5 Å². The minimum Gasteiger partial charge on any atom is -0.393 e. The largest absolute Gasteiger partial charge is 0.393 e. The Morgan fingerprint density at radius 1 is 1.00 bits per heavy atom. The van der Waals surface area contributed by atoms with E-state index in [4.69, 9.17) is 0 Å². The highest BCUT2D eigenvalue weighted by Crippen LogP contribution is 2.65. The van der Waals surface area contributed by atoms with E-state index in [1.165, 1.54) is 25.7 Å². The van der Waals surface area contributed by atoms with Gasteiger partial charge in [-0.3, -0.25) is 4.79 Å². The van der Waals surface area contributed by atoms with E-state index < -0.39 is 0 Å². The number of carbonyl (C=O) groups is 1. The maximum absolute atomic E-state index is 12.4.